The lowest BCUT2D eigenvalue weighted by Crippen LogP contribution is -2.32. The first-order chi connectivity index (χ1) is 12.5. The highest BCUT2D eigenvalue weighted by Gasteiger charge is 2.06. The van der Waals surface area contributed by atoms with E-state index in [1.54, 1.807) is 18.0 Å². The third kappa shape index (κ3) is 7.25. The van der Waals surface area contributed by atoms with Gasteiger partial charge in [-0.3, -0.25) is 0 Å². The predicted octanol–water partition coefficient (Wildman–Crippen LogP) is 4.28. The summed E-state index contributed by atoms with van der Waals surface area (Å²) in [5, 5.41) is 14.5. The van der Waals surface area contributed by atoms with E-state index in [9.17, 15) is 5.11 Å². The summed E-state index contributed by atoms with van der Waals surface area (Å²) in [6.45, 7) is 1.43. The van der Waals surface area contributed by atoms with Crippen molar-refractivity contribution in [2.24, 2.45) is 0 Å². The number of aliphatic hydroxyl groups is 1. The predicted molar refractivity (Wildman–Crippen MR) is 113 cm³/mol. The number of benzene rings is 2. The molecule has 0 amide bonds. The van der Waals surface area contributed by atoms with Gasteiger partial charge in [0.25, 0.3) is 0 Å². The Balaban J connectivity index is 1.66. The number of nitrogens with one attached hydrogen (secondary N) is 1. The Bertz CT molecular complexity index is 665. The highest BCUT2D eigenvalue weighted by molar-refractivity contribution is 7.99. The molecule has 4 nitrogen and oxygen atoms in total. The molecule has 7 heteroatoms. The van der Waals surface area contributed by atoms with E-state index in [-0.39, 0.29) is 6.61 Å². The SMILES string of the molecule is CSN(C)c1ccc(OCC(O)CNCCc2cc(Cl)cc(Cl)c2)cc1. The Kier molecular flexibility index (Phi) is 8.88. The molecule has 0 saturated carbocycles. The van der Waals surface area contributed by atoms with Crippen LogP contribution in [0.3, 0.4) is 0 Å². The summed E-state index contributed by atoms with van der Waals surface area (Å²) in [7, 11) is 2.01. The zero-order chi connectivity index (χ0) is 18.9. The maximum atomic E-state index is 10.0. The zero-order valence-corrected chi connectivity index (χ0v) is 17.2. The van der Waals surface area contributed by atoms with Gasteiger partial charge in [0.1, 0.15) is 18.5 Å². The summed E-state index contributed by atoms with van der Waals surface area (Å²) in [4.78, 5) is 0. The van der Waals surface area contributed by atoms with Crippen LogP contribution in [0.25, 0.3) is 0 Å². The largest absolute Gasteiger partial charge is 0.491 e. The molecule has 0 aliphatic carbocycles. The Labute approximate surface area is 169 Å². The average Bonchev–Trinajstić information content (AvgIpc) is 2.62. The number of hydrogen-bond acceptors (Lipinski definition) is 5. The number of halogens is 2. The van der Waals surface area contributed by atoms with Crippen molar-refractivity contribution >= 4 is 40.8 Å². The summed E-state index contributed by atoms with van der Waals surface area (Å²) >= 11 is 13.6. The van der Waals surface area contributed by atoms with Crippen molar-refractivity contribution in [2.45, 2.75) is 12.5 Å². The number of nitrogens with zero attached hydrogens (tertiary/aromatic N) is 1. The molecule has 0 spiro atoms. The van der Waals surface area contributed by atoms with Crippen molar-refractivity contribution < 1.29 is 9.84 Å². The van der Waals surface area contributed by atoms with E-state index in [1.807, 2.05) is 49.7 Å². The van der Waals surface area contributed by atoms with Crippen LogP contribution < -0.4 is 14.4 Å². The lowest BCUT2D eigenvalue weighted by atomic mass is 10.1. The number of anilines is 1. The number of rotatable bonds is 10. The van der Waals surface area contributed by atoms with Crippen LogP contribution in [0.4, 0.5) is 5.69 Å². The summed E-state index contributed by atoms with van der Waals surface area (Å²) < 4.78 is 7.70. The molecule has 1 unspecified atom stereocenters. The van der Waals surface area contributed by atoms with Crippen molar-refractivity contribution in [1.82, 2.24) is 5.32 Å². The molecule has 2 N–H and O–H groups in total. The van der Waals surface area contributed by atoms with Gasteiger partial charge in [-0.15, -0.1) is 0 Å². The maximum absolute atomic E-state index is 10.0. The van der Waals surface area contributed by atoms with Crippen molar-refractivity contribution in [1.29, 1.82) is 0 Å². The second-order valence-corrected chi connectivity index (χ2v) is 7.66. The fraction of sp³-hybridized carbons (Fsp3) is 0.368. The molecule has 1 atom stereocenters. The summed E-state index contributed by atoms with van der Waals surface area (Å²) in [6, 6.07) is 13.3. The molecule has 2 rings (SSSR count). The molecule has 26 heavy (non-hydrogen) atoms. The molecule has 0 aliphatic rings. The van der Waals surface area contributed by atoms with E-state index < -0.39 is 6.10 Å². The first-order valence-corrected chi connectivity index (χ1v) is 10.3. The molecular formula is C19H24Cl2N2O2S. The fourth-order valence-corrected chi connectivity index (χ4v) is 3.27. The first kappa shape index (κ1) is 21.2. The Hall–Kier alpha value is -1.11. The lowest BCUT2D eigenvalue weighted by molar-refractivity contribution is 0.106. The van der Waals surface area contributed by atoms with Gasteiger partial charge in [-0.25, -0.2) is 0 Å². The molecule has 0 aliphatic heterocycles. The molecule has 2 aromatic carbocycles. The smallest absolute Gasteiger partial charge is 0.119 e. The molecule has 0 bridgehead atoms. The number of ether oxygens (including phenoxy) is 1. The summed E-state index contributed by atoms with van der Waals surface area (Å²) in [5.74, 6) is 0.746. The van der Waals surface area contributed by atoms with E-state index in [2.05, 4.69) is 9.62 Å². The molecule has 0 heterocycles. The molecule has 142 valence electrons. The third-order valence-corrected chi connectivity index (χ3v) is 5.00. The van der Waals surface area contributed by atoms with E-state index in [0.29, 0.717) is 16.6 Å². The van der Waals surface area contributed by atoms with Gasteiger partial charge < -0.3 is 19.5 Å². The molecule has 0 fully saturated rings. The summed E-state index contributed by atoms with van der Waals surface area (Å²) in [5.41, 5.74) is 2.17. The van der Waals surface area contributed by atoms with Crippen molar-refractivity contribution in [3.05, 3.63) is 58.1 Å². The molecule has 2 aromatic rings. The average molecular weight is 415 g/mol. The standard InChI is InChI=1S/C19H24Cl2N2O2S/c1-23(26-2)17-3-5-19(6-4-17)25-13-18(24)12-22-8-7-14-9-15(20)11-16(21)10-14/h3-6,9-11,18,22,24H,7-8,12-13H2,1-2H3. The normalized spacial score (nSPS) is 12.0. The highest BCUT2D eigenvalue weighted by Crippen LogP contribution is 2.22. The Morgan fingerprint density at radius 3 is 2.42 bits per heavy atom. The van der Waals surface area contributed by atoms with Gasteiger partial charge in [-0.2, -0.15) is 0 Å². The number of aliphatic hydroxyl groups excluding tert-OH is 1. The second-order valence-electron chi connectivity index (χ2n) is 5.87. The summed E-state index contributed by atoms with van der Waals surface area (Å²) in [6.07, 6.45) is 2.24. The maximum Gasteiger partial charge on any atom is 0.119 e. The van der Waals surface area contributed by atoms with Crippen LogP contribution in [0, 0.1) is 0 Å². The van der Waals surface area contributed by atoms with Gasteiger partial charge in [-0.05, 0) is 61.0 Å². The fourth-order valence-electron chi connectivity index (χ4n) is 2.37. The minimum absolute atomic E-state index is 0.244. The van der Waals surface area contributed by atoms with Crippen molar-refractivity contribution in [3.63, 3.8) is 0 Å². The van der Waals surface area contributed by atoms with E-state index in [0.717, 1.165) is 30.0 Å². The van der Waals surface area contributed by atoms with Crippen LogP contribution in [0.1, 0.15) is 5.56 Å². The van der Waals surface area contributed by atoms with Gasteiger partial charge in [0, 0.05) is 35.6 Å². The lowest BCUT2D eigenvalue weighted by Gasteiger charge is -2.16. The monoisotopic (exact) mass is 414 g/mol. The van der Waals surface area contributed by atoms with Gasteiger partial charge in [-0.1, -0.05) is 35.1 Å². The molecular weight excluding hydrogens is 391 g/mol. The first-order valence-electron chi connectivity index (χ1n) is 8.32. The Morgan fingerprint density at radius 1 is 1.15 bits per heavy atom. The molecule has 0 saturated heterocycles. The van der Waals surface area contributed by atoms with Crippen LogP contribution in [0.5, 0.6) is 5.75 Å². The highest BCUT2D eigenvalue weighted by atomic mass is 35.5. The van der Waals surface area contributed by atoms with E-state index in [4.69, 9.17) is 27.9 Å². The third-order valence-electron chi connectivity index (χ3n) is 3.81. The van der Waals surface area contributed by atoms with E-state index >= 15 is 0 Å². The van der Waals surface area contributed by atoms with Gasteiger partial charge in [0.2, 0.25) is 0 Å². The molecule has 0 aromatic heterocycles. The van der Waals surface area contributed by atoms with Crippen molar-refractivity contribution in [2.75, 3.05) is 37.3 Å². The van der Waals surface area contributed by atoms with Crippen LogP contribution in [0.15, 0.2) is 42.5 Å². The minimum Gasteiger partial charge on any atom is -0.491 e. The van der Waals surface area contributed by atoms with Crippen LogP contribution in [-0.2, 0) is 6.42 Å². The van der Waals surface area contributed by atoms with Gasteiger partial charge in [0.05, 0.1) is 0 Å². The molecule has 0 radical (unpaired) electrons. The zero-order valence-electron chi connectivity index (χ0n) is 14.9. The minimum atomic E-state index is -0.577. The van der Waals surface area contributed by atoms with Crippen molar-refractivity contribution in [3.8, 4) is 5.75 Å². The van der Waals surface area contributed by atoms with Crippen LogP contribution in [-0.4, -0.2) is 44.2 Å². The van der Waals surface area contributed by atoms with Gasteiger partial charge >= 0.3 is 0 Å². The van der Waals surface area contributed by atoms with E-state index in [1.165, 1.54) is 0 Å². The second kappa shape index (κ2) is 10.9. The van der Waals surface area contributed by atoms with Crippen LogP contribution in [0.2, 0.25) is 10.0 Å². The quantitative estimate of drug-likeness (QED) is 0.448. The Morgan fingerprint density at radius 2 is 1.81 bits per heavy atom. The van der Waals surface area contributed by atoms with Gasteiger partial charge in [0.15, 0.2) is 0 Å². The topological polar surface area (TPSA) is 44.7 Å². The van der Waals surface area contributed by atoms with Crippen LogP contribution >= 0.6 is 35.1 Å². The number of hydrogen-bond donors (Lipinski definition) is 2.